The molecule has 0 aliphatic carbocycles. The highest BCUT2D eigenvalue weighted by Crippen LogP contribution is 2.15. The molecule has 7 nitrogen and oxygen atoms in total. The highest BCUT2D eigenvalue weighted by molar-refractivity contribution is 5.88. The number of aryl methyl sites for hydroxylation is 1. The van der Waals surface area contributed by atoms with Crippen LogP contribution in [0.15, 0.2) is 10.5 Å². The van der Waals surface area contributed by atoms with Gasteiger partial charge in [-0.15, -0.1) is 0 Å². The average Bonchev–Trinajstić information content (AvgIpc) is 3.02. The van der Waals surface area contributed by atoms with E-state index in [0.29, 0.717) is 24.6 Å². The number of aromatic carboxylic acids is 1. The molecule has 0 spiro atoms. The minimum atomic E-state index is -1.04. The lowest BCUT2D eigenvalue weighted by Gasteiger charge is -2.16. The fourth-order valence-electron chi connectivity index (χ4n) is 2.22. The number of amides is 2. The molecule has 20 heavy (non-hydrogen) atoms. The van der Waals surface area contributed by atoms with Crippen molar-refractivity contribution in [3.8, 4) is 0 Å². The fourth-order valence-corrected chi connectivity index (χ4v) is 2.22. The maximum Gasteiger partial charge on any atom is 0.339 e. The van der Waals surface area contributed by atoms with Crippen LogP contribution in [0.4, 0.5) is 4.79 Å². The summed E-state index contributed by atoms with van der Waals surface area (Å²) in [5.41, 5.74) is 0.120. The van der Waals surface area contributed by atoms with Gasteiger partial charge in [-0.25, -0.2) is 9.59 Å². The second-order valence-electron chi connectivity index (χ2n) is 4.74. The molecule has 2 N–H and O–H groups in total. The van der Waals surface area contributed by atoms with Crippen molar-refractivity contribution < 1.29 is 23.8 Å². The van der Waals surface area contributed by atoms with E-state index < -0.39 is 5.97 Å². The number of carbonyl (C=O) groups excluding carboxylic acids is 1. The molecule has 110 valence electrons. The van der Waals surface area contributed by atoms with Crippen LogP contribution in [0, 0.1) is 6.92 Å². The number of likely N-dealkylation sites (tertiary alicyclic amines) is 1. The molecule has 1 aromatic rings. The zero-order valence-electron chi connectivity index (χ0n) is 11.5. The molecule has 2 amide bonds. The van der Waals surface area contributed by atoms with E-state index in [-0.39, 0.29) is 24.2 Å². The van der Waals surface area contributed by atoms with E-state index in [1.807, 2.05) is 0 Å². The van der Waals surface area contributed by atoms with Crippen molar-refractivity contribution in [3.63, 3.8) is 0 Å². The van der Waals surface area contributed by atoms with Crippen LogP contribution in [0.25, 0.3) is 0 Å². The van der Waals surface area contributed by atoms with Gasteiger partial charge in [-0.05, 0) is 19.4 Å². The number of urea groups is 1. The summed E-state index contributed by atoms with van der Waals surface area (Å²) in [5, 5.41) is 11.6. The third-order valence-electron chi connectivity index (χ3n) is 3.38. The van der Waals surface area contributed by atoms with Gasteiger partial charge in [0.1, 0.15) is 17.1 Å². The molecule has 0 saturated carbocycles. The molecule has 2 heterocycles. The van der Waals surface area contributed by atoms with E-state index in [1.165, 1.54) is 6.07 Å². The number of carboxylic acids is 1. The van der Waals surface area contributed by atoms with Crippen LogP contribution in [0.1, 0.15) is 28.3 Å². The lowest BCUT2D eigenvalue weighted by atomic mass is 10.2. The van der Waals surface area contributed by atoms with Crippen molar-refractivity contribution in [1.29, 1.82) is 0 Å². The maximum absolute atomic E-state index is 11.9. The van der Waals surface area contributed by atoms with Crippen LogP contribution in [0.5, 0.6) is 0 Å². The predicted molar refractivity (Wildman–Crippen MR) is 69.6 cm³/mol. The Labute approximate surface area is 116 Å². The van der Waals surface area contributed by atoms with E-state index in [2.05, 4.69) is 5.32 Å². The number of hydrogen-bond acceptors (Lipinski definition) is 4. The van der Waals surface area contributed by atoms with Crippen LogP contribution in [0.2, 0.25) is 0 Å². The van der Waals surface area contributed by atoms with Crippen LogP contribution >= 0.6 is 0 Å². The second kappa shape index (κ2) is 5.96. The third-order valence-corrected chi connectivity index (χ3v) is 3.38. The van der Waals surface area contributed by atoms with Crippen LogP contribution in [-0.2, 0) is 11.3 Å². The number of carbonyl (C=O) groups is 2. The monoisotopic (exact) mass is 282 g/mol. The Balaban J connectivity index is 1.87. The number of ether oxygens (including phenoxy) is 1. The molecule has 0 radical (unpaired) electrons. The predicted octanol–water partition coefficient (Wildman–Crippen LogP) is 1.22. The summed E-state index contributed by atoms with van der Waals surface area (Å²) in [6, 6.07) is 1.23. The normalized spacial score (nSPS) is 18.3. The van der Waals surface area contributed by atoms with E-state index >= 15 is 0 Å². The molecule has 1 atom stereocenters. The molecule has 0 bridgehead atoms. The molecule has 1 fully saturated rings. The van der Waals surface area contributed by atoms with Crippen molar-refractivity contribution in [1.82, 2.24) is 10.2 Å². The van der Waals surface area contributed by atoms with E-state index in [9.17, 15) is 9.59 Å². The Morgan fingerprint density at radius 2 is 2.35 bits per heavy atom. The molecule has 0 aromatic carbocycles. The highest BCUT2D eigenvalue weighted by Gasteiger charge is 2.26. The SMILES string of the molecule is COC1CCN(C(=O)NCc2cc(C(=O)O)c(C)o2)C1. The van der Waals surface area contributed by atoms with Gasteiger partial charge >= 0.3 is 12.0 Å². The van der Waals surface area contributed by atoms with Crippen LogP contribution in [0.3, 0.4) is 0 Å². The molecule has 1 aromatic heterocycles. The first-order chi connectivity index (χ1) is 9.51. The zero-order valence-corrected chi connectivity index (χ0v) is 11.5. The topological polar surface area (TPSA) is 92.0 Å². The van der Waals surface area contributed by atoms with Crippen LogP contribution in [-0.4, -0.2) is 48.3 Å². The van der Waals surface area contributed by atoms with Crippen molar-refractivity contribution in [2.24, 2.45) is 0 Å². The third kappa shape index (κ3) is 3.11. The van der Waals surface area contributed by atoms with Crippen molar-refractivity contribution >= 4 is 12.0 Å². The molecule has 7 heteroatoms. The highest BCUT2D eigenvalue weighted by atomic mass is 16.5. The van der Waals surface area contributed by atoms with Crippen molar-refractivity contribution in [2.75, 3.05) is 20.2 Å². The van der Waals surface area contributed by atoms with E-state index in [0.717, 1.165) is 6.42 Å². The largest absolute Gasteiger partial charge is 0.478 e. The van der Waals surface area contributed by atoms with E-state index in [4.69, 9.17) is 14.3 Å². The van der Waals surface area contributed by atoms with Crippen molar-refractivity contribution in [2.45, 2.75) is 26.0 Å². The summed E-state index contributed by atoms with van der Waals surface area (Å²) >= 11 is 0. The van der Waals surface area contributed by atoms with Crippen molar-refractivity contribution in [3.05, 3.63) is 23.2 Å². The summed E-state index contributed by atoms with van der Waals surface area (Å²) in [4.78, 5) is 24.5. The number of nitrogens with one attached hydrogen (secondary N) is 1. The summed E-state index contributed by atoms with van der Waals surface area (Å²) in [6.07, 6.45) is 0.914. The lowest BCUT2D eigenvalue weighted by molar-refractivity contribution is 0.0695. The van der Waals surface area contributed by atoms with Gasteiger partial charge in [0.2, 0.25) is 0 Å². The number of nitrogens with zero attached hydrogens (tertiary/aromatic N) is 1. The Kier molecular flexibility index (Phi) is 4.29. The summed E-state index contributed by atoms with van der Waals surface area (Å²) in [6.45, 7) is 2.97. The smallest absolute Gasteiger partial charge is 0.339 e. The maximum atomic E-state index is 11.9. The number of carboxylic acid groups (broad SMARTS) is 1. The van der Waals surface area contributed by atoms with Gasteiger partial charge < -0.3 is 24.5 Å². The molecular formula is C13H18N2O5. The first-order valence-corrected chi connectivity index (χ1v) is 6.39. The molecule has 1 saturated heterocycles. The molecular weight excluding hydrogens is 264 g/mol. The Bertz CT molecular complexity index is 511. The van der Waals surface area contributed by atoms with Crippen LogP contribution < -0.4 is 5.32 Å². The number of furan rings is 1. The standard InChI is InChI=1S/C13H18N2O5/c1-8-11(12(16)17)5-10(20-8)6-14-13(18)15-4-3-9(7-15)19-2/h5,9H,3-4,6-7H2,1-2H3,(H,14,18)(H,16,17). The number of methoxy groups -OCH3 is 1. The molecule has 1 aliphatic heterocycles. The minimum absolute atomic E-state index is 0.0882. The Hall–Kier alpha value is -2.02. The summed E-state index contributed by atoms with van der Waals surface area (Å²) in [5.74, 6) is -0.274. The quantitative estimate of drug-likeness (QED) is 0.866. The number of hydrogen-bond donors (Lipinski definition) is 2. The molecule has 1 unspecified atom stereocenters. The van der Waals surface area contributed by atoms with Gasteiger partial charge in [-0.1, -0.05) is 0 Å². The Morgan fingerprint density at radius 3 is 2.90 bits per heavy atom. The Morgan fingerprint density at radius 1 is 1.60 bits per heavy atom. The number of rotatable bonds is 4. The van der Waals surface area contributed by atoms with Gasteiger partial charge in [0, 0.05) is 20.2 Å². The summed E-state index contributed by atoms with van der Waals surface area (Å²) < 4.78 is 10.5. The first kappa shape index (κ1) is 14.4. The van der Waals surface area contributed by atoms with E-state index in [1.54, 1.807) is 18.9 Å². The average molecular weight is 282 g/mol. The molecule has 1 aliphatic rings. The first-order valence-electron chi connectivity index (χ1n) is 6.39. The zero-order chi connectivity index (χ0) is 14.7. The van der Waals surface area contributed by atoms with Gasteiger partial charge in [-0.3, -0.25) is 0 Å². The van der Waals surface area contributed by atoms with Gasteiger partial charge in [0.05, 0.1) is 12.6 Å². The van der Waals surface area contributed by atoms with Gasteiger partial charge in [-0.2, -0.15) is 0 Å². The minimum Gasteiger partial charge on any atom is -0.478 e. The summed E-state index contributed by atoms with van der Waals surface area (Å²) in [7, 11) is 1.63. The fraction of sp³-hybridized carbons (Fsp3) is 0.538. The lowest BCUT2D eigenvalue weighted by Crippen LogP contribution is -2.38. The van der Waals surface area contributed by atoms with Gasteiger partial charge in [0.25, 0.3) is 0 Å². The second-order valence-corrected chi connectivity index (χ2v) is 4.74. The molecule has 2 rings (SSSR count). The van der Waals surface area contributed by atoms with Gasteiger partial charge in [0.15, 0.2) is 0 Å².